The number of likely N-dealkylation sites (N-methyl/N-ethyl adjacent to an activating group) is 1. The van der Waals surface area contributed by atoms with E-state index in [0.717, 1.165) is 4.90 Å². The summed E-state index contributed by atoms with van der Waals surface area (Å²) >= 11 is 0. The van der Waals surface area contributed by atoms with Crippen LogP contribution >= 0.6 is 0 Å². The lowest BCUT2D eigenvalue weighted by Gasteiger charge is -2.48. The third-order valence-corrected chi connectivity index (χ3v) is 6.22. The molecule has 1 amide bonds. The first-order chi connectivity index (χ1) is 17.2. The van der Waals surface area contributed by atoms with Crippen LogP contribution in [-0.4, -0.2) is 95.2 Å². The first-order valence-corrected chi connectivity index (χ1v) is 11.0. The van der Waals surface area contributed by atoms with E-state index in [1.807, 2.05) is 0 Å². The molecule has 2 saturated heterocycles. The van der Waals surface area contributed by atoms with Gasteiger partial charge in [0.2, 0.25) is 11.9 Å². The first kappa shape index (κ1) is 26.8. The number of dihydropyridines is 1. The Balaban J connectivity index is 1.62. The number of hydrogen-bond donors (Lipinski definition) is 3. The van der Waals surface area contributed by atoms with E-state index in [2.05, 4.69) is 20.7 Å². The summed E-state index contributed by atoms with van der Waals surface area (Å²) in [4.78, 5) is 30.4. The Morgan fingerprint density at radius 3 is 2.62 bits per heavy atom. The molecule has 10 nitrogen and oxygen atoms in total. The molecular formula is C20H22F7N7O3. The lowest BCUT2D eigenvalue weighted by molar-refractivity contribution is -0.277. The zero-order valence-corrected chi connectivity index (χ0v) is 19.4. The minimum absolute atomic E-state index is 0.125. The van der Waals surface area contributed by atoms with E-state index in [0.29, 0.717) is 18.8 Å². The standard InChI is InChI=1S/C20H22F7N7O3/c1-9(30-10-6-29-32-15(35)13(10)19(22,23)24)8-37-18(20(25,26)27)5-11-14(31-17(18)21)34-4-3-28-7-12(34)16(36)33(11)2/h5-6,9,12,17,28H,3-4,7-8H2,1-2H3,(H2,30,32,35)/t9-,12?,17-,18?/m0/s1. The molecule has 0 bridgehead atoms. The highest BCUT2D eigenvalue weighted by Gasteiger charge is 2.64. The number of halogens is 7. The smallest absolute Gasteiger partial charge is 0.378 e. The molecule has 3 aliphatic rings. The predicted molar refractivity (Wildman–Crippen MR) is 114 cm³/mol. The van der Waals surface area contributed by atoms with Gasteiger partial charge in [-0.2, -0.15) is 31.4 Å². The van der Waals surface area contributed by atoms with Crippen molar-refractivity contribution in [1.29, 1.82) is 0 Å². The molecule has 17 heteroatoms. The number of carbonyl (C=O) groups excluding carboxylic acids is 1. The monoisotopic (exact) mass is 541 g/mol. The lowest BCUT2D eigenvalue weighted by Crippen LogP contribution is -2.67. The van der Waals surface area contributed by atoms with Crippen LogP contribution < -0.4 is 16.2 Å². The Kier molecular flexibility index (Phi) is 6.72. The molecule has 1 aromatic heterocycles. The fraction of sp³-hybridized carbons (Fsp3) is 0.600. The van der Waals surface area contributed by atoms with Gasteiger partial charge in [-0.05, 0) is 13.0 Å². The van der Waals surface area contributed by atoms with E-state index in [9.17, 15) is 35.9 Å². The Bertz CT molecular complexity index is 1180. The number of fused-ring (bicyclic) bond motifs is 3. The molecule has 2 fully saturated rings. The van der Waals surface area contributed by atoms with Crippen LogP contribution in [-0.2, 0) is 15.7 Å². The van der Waals surface area contributed by atoms with E-state index < -0.39 is 65.7 Å². The fourth-order valence-corrected chi connectivity index (χ4v) is 4.36. The number of ether oxygens (including phenoxy) is 1. The highest BCUT2D eigenvalue weighted by Crippen LogP contribution is 2.44. The van der Waals surface area contributed by atoms with Crippen molar-refractivity contribution >= 4 is 17.4 Å². The minimum atomic E-state index is -5.36. The number of carbonyl (C=O) groups is 1. The number of nitrogens with one attached hydrogen (secondary N) is 3. The van der Waals surface area contributed by atoms with Crippen molar-refractivity contribution in [3.05, 3.63) is 33.9 Å². The number of hydrogen-bond acceptors (Lipinski definition) is 8. The highest BCUT2D eigenvalue weighted by atomic mass is 19.4. The van der Waals surface area contributed by atoms with Gasteiger partial charge in [-0.15, -0.1) is 0 Å². The summed E-state index contributed by atoms with van der Waals surface area (Å²) in [5.74, 6) is -0.651. The summed E-state index contributed by atoms with van der Waals surface area (Å²) in [6, 6.07) is -2.04. The lowest BCUT2D eigenvalue weighted by atomic mass is 9.93. The maximum atomic E-state index is 15.3. The molecule has 3 N–H and O–H groups in total. The van der Waals surface area contributed by atoms with Crippen molar-refractivity contribution in [1.82, 2.24) is 25.3 Å². The molecule has 0 saturated carbocycles. The van der Waals surface area contributed by atoms with Gasteiger partial charge in [0.1, 0.15) is 11.6 Å². The largest absolute Gasteiger partial charge is 0.426 e. The third-order valence-electron chi connectivity index (χ3n) is 6.22. The number of anilines is 1. The van der Waals surface area contributed by atoms with Gasteiger partial charge in [-0.3, -0.25) is 9.59 Å². The maximum absolute atomic E-state index is 15.3. The van der Waals surface area contributed by atoms with Crippen molar-refractivity contribution < 1.29 is 40.3 Å². The molecule has 3 aliphatic heterocycles. The average molecular weight is 541 g/mol. The highest BCUT2D eigenvalue weighted by molar-refractivity contribution is 6.08. The summed E-state index contributed by atoms with van der Waals surface area (Å²) in [5.41, 5.74) is -7.92. The van der Waals surface area contributed by atoms with Gasteiger partial charge < -0.3 is 25.2 Å². The van der Waals surface area contributed by atoms with Crippen LogP contribution in [0.15, 0.2) is 27.8 Å². The second-order valence-electron chi connectivity index (χ2n) is 8.76. The number of aromatic amines is 1. The molecule has 0 aromatic carbocycles. The Labute approximate surface area is 204 Å². The molecule has 2 unspecified atom stereocenters. The van der Waals surface area contributed by atoms with Gasteiger partial charge in [0, 0.05) is 32.7 Å². The van der Waals surface area contributed by atoms with Crippen LogP contribution in [0.3, 0.4) is 0 Å². The summed E-state index contributed by atoms with van der Waals surface area (Å²) < 4.78 is 103. The normalized spacial score (nSPS) is 27.2. The number of amidine groups is 1. The van der Waals surface area contributed by atoms with Crippen molar-refractivity contribution in [2.45, 2.75) is 43.3 Å². The Morgan fingerprint density at radius 2 is 1.97 bits per heavy atom. The van der Waals surface area contributed by atoms with E-state index in [1.54, 1.807) is 5.10 Å². The number of piperazine rings is 2. The van der Waals surface area contributed by atoms with Gasteiger partial charge in [0.05, 0.1) is 24.2 Å². The van der Waals surface area contributed by atoms with Gasteiger partial charge in [0.15, 0.2) is 5.84 Å². The molecule has 1 aromatic rings. The van der Waals surface area contributed by atoms with Crippen LogP contribution in [0.2, 0.25) is 0 Å². The molecule has 0 aliphatic carbocycles. The second-order valence-corrected chi connectivity index (χ2v) is 8.76. The van der Waals surface area contributed by atoms with Crippen molar-refractivity contribution in [3.63, 3.8) is 0 Å². The van der Waals surface area contributed by atoms with Crippen LogP contribution in [0.4, 0.5) is 36.4 Å². The maximum Gasteiger partial charge on any atom is 0.426 e. The number of nitrogens with zero attached hydrogens (tertiary/aromatic N) is 4. The molecule has 4 atom stereocenters. The summed E-state index contributed by atoms with van der Waals surface area (Å²) in [6.07, 6.45) is -12.3. The van der Waals surface area contributed by atoms with E-state index in [-0.39, 0.29) is 24.6 Å². The number of rotatable bonds is 5. The first-order valence-electron chi connectivity index (χ1n) is 11.0. The van der Waals surface area contributed by atoms with Gasteiger partial charge in [0.25, 0.3) is 11.5 Å². The average Bonchev–Trinajstić information content (AvgIpc) is 2.80. The van der Waals surface area contributed by atoms with Crippen molar-refractivity contribution in [3.8, 4) is 0 Å². The van der Waals surface area contributed by atoms with Crippen molar-refractivity contribution in [2.75, 3.05) is 38.6 Å². The fourth-order valence-electron chi connectivity index (χ4n) is 4.36. The quantitative estimate of drug-likeness (QED) is 0.380. The van der Waals surface area contributed by atoms with E-state index in [4.69, 9.17) is 4.74 Å². The molecule has 37 heavy (non-hydrogen) atoms. The third kappa shape index (κ3) is 4.65. The van der Waals surface area contributed by atoms with Crippen LogP contribution in [0.1, 0.15) is 12.5 Å². The number of H-pyrrole nitrogens is 1. The van der Waals surface area contributed by atoms with Crippen LogP contribution in [0.5, 0.6) is 0 Å². The van der Waals surface area contributed by atoms with E-state index in [1.165, 1.54) is 18.9 Å². The summed E-state index contributed by atoms with van der Waals surface area (Å²) in [5, 5.41) is 10.1. The predicted octanol–water partition coefficient (Wildman–Crippen LogP) is 1.24. The molecular weight excluding hydrogens is 519 g/mol. The molecule has 0 radical (unpaired) electrons. The topological polar surface area (TPSA) is 115 Å². The zero-order chi connectivity index (χ0) is 27.3. The van der Waals surface area contributed by atoms with Gasteiger partial charge in [-0.1, -0.05) is 0 Å². The number of aliphatic imine (C=N–C) groups is 1. The Morgan fingerprint density at radius 1 is 1.27 bits per heavy atom. The Hall–Kier alpha value is -3.21. The molecule has 4 heterocycles. The molecule has 0 spiro atoms. The number of amides is 1. The van der Waals surface area contributed by atoms with Crippen LogP contribution in [0.25, 0.3) is 0 Å². The zero-order valence-electron chi connectivity index (χ0n) is 19.4. The number of alkyl halides is 7. The van der Waals surface area contributed by atoms with Gasteiger partial charge in [-0.25, -0.2) is 14.5 Å². The van der Waals surface area contributed by atoms with E-state index >= 15 is 4.39 Å². The second kappa shape index (κ2) is 9.27. The molecule has 204 valence electrons. The van der Waals surface area contributed by atoms with Gasteiger partial charge >= 0.3 is 12.4 Å². The van der Waals surface area contributed by atoms with Crippen molar-refractivity contribution in [2.24, 2.45) is 4.99 Å². The SMILES string of the molecule is C[C@@H](COC1(C(F)(F)F)C=C2C(=N[C@@H]1F)N1CCNCC1C(=O)N2C)Nc1cn[nH]c(=O)c1C(F)(F)F. The molecule has 4 rings (SSSR count). The summed E-state index contributed by atoms with van der Waals surface area (Å²) in [6.45, 7) is 1.03. The number of aromatic nitrogens is 2. The minimum Gasteiger partial charge on any atom is -0.378 e. The van der Waals surface area contributed by atoms with Crippen LogP contribution in [0, 0.1) is 0 Å². The summed E-state index contributed by atoms with van der Waals surface area (Å²) in [7, 11) is 1.23.